The fraction of sp³-hybridized carbons (Fsp3) is 0.750. The van der Waals surface area contributed by atoms with Gasteiger partial charge in [0.2, 0.25) is 0 Å². The van der Waals surface area contributed by atoms with Crippen molar-refractivity contribution in [3.05, 3.63) is 24.3 Å². The first-order chi connectivity index (χ1) is 7.83. The molecule has 2 bridgehead atoms. The molecule has 0 saturated heterocycles. The zero-order valence-corrected chi connectivity index (χ0v) is 10.2. The topological polar surface area (TPSA) is 0 Å². The third-order valence-corrected chi connectivity index (χ3v) is 6.01. The molecule has 4 aliphatic carbocycles. The van der Waals surface area contributed by atoms with Gasteiger partial charge in [-0.2, -0.15) is 0 Å². The Morgan fingerprint density at radius 3 is 2.56 bits per heavy atom. The van der Waals surface area contributed by atoms with E-state index in [1.54, 1.807) is 0 Å². The molecule has 7 atom stereocenters. The smallest absolute Gasteiger partial charge is 0.0168 e. The Bertz CT molecular complexity index is 351. The summed E-state index contributed by atoms with van der Waals surface area (Å²) in [7, 11) is 0. The second kappa shape index (κ2) is 3.24. The first-order valence-electron chi connectivity index (χ1n) is 7.18. The maximum Gasteiger partial charge on any atom is -0.0168 e. The van der Waals surface area contributed by atoms with E-state index in [4.69, 9.17) is 0 Å². The van der Waals surface area contributed by atoms with Gasteiger partial charge in [-0.1, -0.05) is 31.2 Å². The fourth-order valence-corrected chi connectivity index (χ4v) is 5.30. The molecule has 0 aromatic heterocycles. The van der Waals surface area contributed by atoms with Crippen molar-refractivity contribution in [2.75, 3.05) is 0 Å². The summed E-state index contributed by atoms with van der Waals surface area (Å²) in [4.78, 5) is 0. The summed E-state index contributed by atoms with van der Waals surface area (Å²) >= 11 is 0. The average molecular weight is 214 g/mol. The molecule has 16 heavy (non-hydrogen) atoms. The minimum Gasteiger partial charge on any atom is -0.0879 e. The van der Waals surface area contributed by atoms with E-state index in [9.17, 15) is 0 Å². The third-order valence-electron chi connectivity index (χ3n) is 6.01. The van der Waals surface area contributed by atoms with Crippen LogP contribution in [0.2, 0.25) is 0 Å². The van der Waals surface area contributed by atoms with Crippen molar-refractivity contribution >= 4 is 0 Å². The maximum absolute atomic E-state index is 2.56. The fourth-order valence-electron chi connectivity index (χ4n) is 5.30. The Labute approximate surface area is 98.8 Å². The SMILES string of the molecule is CC1CC(C2CC3C=CC2C3)C2C=CCC12. The van der Waals surface area contributed by atoms with Gasteiger partial charge >= 0.3 is 0 Å². The predicted molar refractivity (Wildman–Crippen MR) is 66.9 cm³/mol. The van der Waals surface area contributed by atoms with Crippen LogP contribution in [0.4, 0.5) is 0 Å². The Morgan fingerprint density at radius 2 is 1.81 bits per heavy atom. The van der Waals surface area contributed by atoms with E-state index >= 15 is 0 Å². The molecule has 0 spiro atoms. The lowest BCUT2D eigenvalue weighted by atomic mass is 9.76. The van der Waals surface area contributed by atoms with Crippen molar-refractivity contribution in [2.45, 2.75) is 32.6 Å². The monoisotopic (exact) mass is 214 g/mol. The van der Waals surface area contributed by atoms with Crippen LogP contribution in [0.15, 0.2) is 24.3 Å². The number of hydrogen-bond acceptors (Lipinski definition) is 0. The van der Waals surface area contributed by atoms with Crippen molar-refractivity contribution in [3.8, 4) is 0 Å². The molecule has 4 aliphatic rings. The summed E-state index contributed by atoms with van der Waals surface area (Å²) < 4.78 is 0. The quantitative estimate of drug-likeness (QED) is 0.578. The molecule has 0 aliphatic heterocycles. The number of fused-ring (bicyclic) bond motifs is 3. The minimum atomic E-state index is 0.952. The van der Waals surface area contributed by atoms with E-state index < -0.39 is 0 Å². The van der Waals surface area contributed by atoms with Crippen LogP contribution in [0.25, 0.3) is 0 Å². The van der Waals surface area contributed by atoms with Gasteiger partial charge in [0.05, 0.1) is 0 Å². The standard InChI is InChI=1S/C16H22/c1-10-7-16(14-4-2-3-13(10)14)15-9-11-5-6-12(15)8-11/h2,4-6,10-16H,3,7-9H2,1H3. The number of hydrogen-bond donors (Lipinski definition) is 0. The molecule has 0 aromatic rings. The zero-order valence-electron chi connectivity index (χ0n) is 10.2. The highest BCUT2D eigenvalue weighted by molar-refractivity contribution is 5.16. The highest BCUT2D eigenvalue weighted by atomic mass is 14.5. The summed E-state index contributed by atoms with van der Waals surface area (Å²) in [5, 5.41) is 0. The van der Waals surface area contributed by atoms with Gasteiger partial charge in [0.15, 0.2) is 0 Å². The minimum absolute atomic E-state index is 0.952. The van der Waals surface area contributed by atoms with Gasteiger partial charge in [0.25, 0.3) is 0 Å². The molecule has 2 saturated carbocycles. The second-order valence-corrected chi connectivity index (χ2v) is 6.73. The third kappa shape index (κ3) is 1.16. The second-order valence-electron chi connectivity index (χ2n) is 6.73. The molecule has 7 unspecified atom stereocenters. The van der Waals surface area contributed by atoms with Crippen molar-refractivity contribution in [1.82, 2.24) is 0 Å². The van der Waals surface area contributed by atoms with E-state index in [1.165, 1.54) is 25.7 Å². The van der Waals surface area contributed by atoms with Gasteiger partial charge in [-0.3, -0.25) is 0 Å². The van der Waals surface area contributed by atoms with Crippen LogP contribution in [-0.2, 0) is 0 Å². The van der Waals surface area contributed by atoms with Crippen LogP contribution >= 0.6 is 0 Å². The van der Waals surface area contributed by atoms with Crippen LogP contribution in [0, 0.1) is 41.4 Å². The Balaban J connectivity index is 1.60. The van der Waals surface area contributed by atoms with Crippen molar-refractivity contribution in [2.24, 2.45) is 41.4 Å². The largest absolute Gasteiger partial charge is 0.0879 e. The zero-order chi connectivity index (χ0) is 10.7. The molecule has 4 rings (SSSR count). The van der Waals surface area contributed by atoms with Gasteiger partial charge in [-0.25, -0.2) is 0 Å². The van der Waals surface area contributed by atoms with Crippen LogP contribution in [0.5, 0.6) is 0 Å². The normalized spacial score (nSPS) is 57.4. The molecule has 0 aromatic carbocycles. The Morgan fingerprint density at radius 1 is 0.875 bits per heavy atom. The molecular weight excluding hydrogens is 192 g/mol. The van der Waals surface area contributed by atoms with Crippen molar-refractivity contribution in [3.63, 3.8) is 0 Å². The van der Waals surface area contributed by atoms with Crippen LogP contribution in [-0.4, -0.2) is 0 Å². The maximum atomic E-state index is 2.56. The van der Waals surface area contributed by atoms with Crippen molar-refractivity contribution in [1.29, 1.82) is 0 Å². The van der Waals surface area contributed by atoms with Crippen molar-refractivity contribution < 1.29 is 0 Å². The Kier molecular flexibility index (Phi) is 1.93. The van der Waals surface area contributed by atoms with E-state index in [1.807, 2.05) is 0 Å². The van der Waals surface area contributed by atoms with Gasteiger partial charge in [0, 0.05) is 0 Å². The van der Waals surface area contributed by atoms with Gasteiger partial charge in [-0.05, 0) is 67.1 Å². The molecule has 2 fully saturated rings. The molecular formula is C16H22. The van der Waals surface area contributed by atoms with Gasteiger partial charge < -0.3 is 0 Å². The van der Waals surface area contributed by atoms with Crippen LogP contribution < -0.4 is 0 Å². The number of allylic oxidation sites excluding steroid dienone is 4. The lowest BCUT2D eigenvalue weighted by Gasteiger charge is -2.29. The molecule has 0 amide bonds. The molecule has 0 heterocycles. The predicted octanol–water partition coefficient (Wildman–Crippen LogP) is 4.05. The molecule has 0 N–H and O–H groups in total. The molecule has 0 heteroatoms. The van der Waals surface area contributed by atoms with E-state index in [0.29, 0.717) is 0 Å². The van der Waals surface area contributed by atoms with Crippen LogP contribution in [0.3, 0.4) is 0 Å². The highest BCUT2D eigenvalue weighted by Gasteiger charge is 2.49. The summed E-state index contributed by atoms with van der Waals surface area (Å²) in [5.41, 5.74) is 0. The first kappa shape index (κ1) is 9.50. The van der Waals surface area contributed by atoms with E-state index in [-0.39, 0.29) is 0 Å². The Hall–Kier alpha value is -0.520. The number of rotatable bonds is 1. The lowest BCUT2D eigenvalue weighted by Crippen LogP contribution is -2.22. The molecule has 0 radical (unpaired) electrons. The van der Waals surface area contributed by atoms with E-state index in [0.717, 1.165) is 41.4 Å². The molecule has 0 nitrogen and oxygen atoms in total. The summed E-state index contributed by atoms with van der Waals surface area (Å²) in [5.74, 6) is 6.91. The summed E-state index contributed by atoms with van der Waals surface area (Å²) in [6, 6.07) is 0. The summed E-state index contributed by atoms with van der Waals surface area (Å²) in [6.07, 6.45) is 15.9. The highest BCUT2D eigenvalue weighted by Crippen LogP contribution is 2.57. The molecule has 86 valence electrons. The van der Waals surface area contributed by atoms with Gasteiger partial charge in [-0.15, -0.1) is 0 Å². The summed E-state index contributed by atoms with van der Waals surface area (Å²) in [6.45, 7) is 2.49. The van der Waals surface area contributed by atoms with Crippen LogP contribution in [0.1, 0.15) is 32.6 Å². The first-order valence-corrected chi connectivity index (χ1v) is 7.18. The lowest BCUT2D eigenvalue weighted by molar-refractivity contribution is 0.243. The average Bonchev–Trinajstić information content (AvgIpc) is 2.98. The van der Waals surface area contributed by atoms with Gasteiger partial charge in [0.1, 0.15) is 0 Å². The van der Waals surface area contributed by atoms with E-state index in [2.05, 4.69) is 31.2 Å².